The lowest BCUT2D eigenvalue weighted by Crippen LogP contribution is -2.35. The molecule has 134 valence electrons. The second kappa shape index (κ2) is 9.12. The Balaban J connectivity index is 1.98. The standard InChI is InChI=1S/C19H18FN3O3/c1-2-11-21-17(24)15-5-3-4-6-16(15)23-19(26)18(25)22-12-13-7-9-14(20)10-8-13/h2-10H,1,11-12H2,(H,21,24)(H,22,25)(H,23,26). The van der Waals surface area contributed by atoms with Gasteiger partial charge in [0.05, 0.1) is 11.3 Å². The molecule has 0 saturated carbocycles. The van der Waals surface area contributed by atoms with Crippen LogP contribution in [0.25, 0.3) is 0 Å². The predicted octanol–water partition coefficient (Wildman–Crippen LogP) is 2.00. The van der Waals surface area contributed by atoms with Crippen molar-refractivity contribution in [2.75, 3.05) is 11.9 Å². The average molecular weight is 355 g/mol. The number of hydrogen-bond acceptors (Lipinski definition) is 3. The van der Waals surface area contributed by atoms with E-state index < -0.39 is 17.7 Å². The van der Waals surface area contributed by atoms with Gasteiger partial charge in [-0.15, -0.1) is 6.58 Å². The Labute approximate surface area is 150 Å². The Morgan fingerprint density at radius 1 is 0.962 bits per heavy atom. The number of benzene rings is 2. The molecule has 0 heterocycles. The molecule has 0 saturated heterocycles. The Morgan fingerprint density at radius 2 is 1.65 bits per heavy atom. The van der Waals surface area contributed by atoms with Gasteiger partial charge in [-0.25, -0.2) is 4.39 Å². The Morgan fingerprint density at radius 3 is 2.35 bits per heavy atom. The molecule has 0 radical (unpaired) electrons. The summed E-state index contributed by atoms with van der Waals surface area (Å²) < 4.78 is 12.8. The van der Waals surface area contributed by atoms with Crippen LogP contribution in [0.3, 0.4) is 0 Å². The third-order valence-electron chi connectivity index (χ3n) is 3.40. The van der Waals surface area contributed by atoms with Gasteiger partial charge in [-0.05, 0) is 29.8 Å². The first kappa shape index (κ1) is 18.9. The van der Waals surface area contributed by atoms with E-state index in [4.69, 9.17) is 0 Å². The summed E-state index contributed by atoms with van der Waals surface area (Å²) in [4.78, 5) is 36.0. The van der Waals surface area contributed by atoms with Crippen LogP contribution in [-0.4, -0.2) is 24.3 Å². The van der Waals surface area contributed by atoms with Crippen molar-refractivity contribution < 1.29 is 18.8 Å². The van der Waals surface area contributed by atoms with Crippen molar-refractivity contribution in [1.29, 1.82) is 0 Å². The highest BCUT2D eigenvalue weighted by Crippen LogP contribution is 2.14. The number of carbonyl (C=O) groups is 3. The molecule has 0 aliphatic heterocycles. The molecule has 0 spiro atoms. The molecular formula is C19H18FN3O3. The van der Waals surface area contributed by atoms with Crippen molar-refractivity contribution in [2.24, 2.45) is 0 Å². The second-order valence-electron chi connectivity index (χ2n) is 5.31. The van der Waals surface area contributed by atoms with Gasteiger partial charge in [-0.2, -0.15) is 0 Å². The minimum Gasteiger partial charge on any atom is -0.349 e. The Kier molecular flexibility index (Phi) is 6.61. The van der Waals surface area contributed by atoms with Crippen LogP contribution in [0.2, 0.25) is 0 Å². The maximum absolute atomic E-state index is 12.8. The van der Waals surface area contributed by atoms with Gasteiger partial charge in [-0.3, -0.25) is 14.4 Å². The van der Waals surface area contributed by atoms with Gasteiger partial charge in [0.1, 0.15) is 5.82 Å². The van der Waals surface area contributed by atoms with Crippen LogP contribution in [0, 0.1) is 5.82 Å². The van der Waals surface area contributed by atoms with Crippen LogP contribution in [-0.2, 0) is 16.1 Å². The summed E-state index contributed by atoms with van der Waals surface area (Å²) >= 11 is 0. The topological polar surface area (TPSA) is 87.3 Å². The van der Waals surface area contributed by atoms with E-state index in [2.05, 4.69) is 22.5 Å². The van der Waals surface area contributed by atoms with E-state index in [9.17, 15) is 18.8 Å². The number of nitrogens with one attached hydrogen (secondary N) is 3. The third kappa shape index (κ3) is 5.27. The summed E-state index contributed by atoms with van der Waals surface area (Å²) in [5, 5.41) is 7.45. The van der Waals surface area contributed by atoms with E-state index in [1.165, 1.54) is 42.5 Å². The lowest BCUT2D eigenvalue weighted by atomic mass is 10.1. The molecule has 0 aromatic heterocycles. The number of anilines is 1. The maximum Gasteiger partial charge on any atom is 0.313 e. The van der Waals surface area contributed by atoms with Gasteiger partial charge in [-0.1, -0.05) is 30.3 Å². The number of rotatable bonds is 6. The summed E-state index contributed by atoms with van der Waals surface area (Å²) in [6, 6.07) is 11.9. The zero-order valence-corrected chi connectivity index (χ0v) is 13.9. The van der Waals surface area contributed by atoms with Crippen molar-refractivity contribution in [3.63, 3.8) is 0 Å². The second-order valence-corrected chi connectivity index (χ2v) is 5.31. The highest BCUT2D eigenvalue weighted by molar-refractivity contribution is 6.40. The molecule has 2 aromatic carbocycles. The average Bonchev–Trinajstić information content (AvgIpc) is 2.65. The largest absolute Gasteiger partial charge is 0.349 e. The lowest BCUT2D eigenvalue weighted by Gasteiger charge is -2.11. The normalized spacial score (nSPS) is 9.88. The van der Waals surface area contributed by atoms with Crippen molar-refractivity contribution in [3.05, 3.63) is 78.1 Å². The summed E-state index contributed by atoms with van der Waals surface area (Å²) in [6.07, 6.45) is 1.53. The fourth-order valence-corrected chi connectivity index (χ4v) is 2.09. The molecule has 2 rings (SSSR count). The SMILES string of the molecule is C=CCNC(=O)c1ccccc1NC(=O)C(=O)NCc1ccc(F)cc1. The molecule has 3 amide bonds. The molecule has 2 aromatic rings. The summed E-state index contributed by atoms with van der Waals surface area (Å²) in [7, 11) is 0. The Hall–Kier alpha value is -3.48. The van der Waals surface area contributed by atoms with E-state index in [1.807, 2.05) is 0 Å². The van der Waals surface area contributed by atoms with Gasteiger partial charge in [0, 0.05) is 13.1 Å². The first-order valence-electron chi connectivity index (χ1n) is 7.83. The molecule has 7 heteroatoms. The lowest BCUT2D eigenvalue weighted by molar-refractivity contribution is -0.136. The zero-order chi connectivity index (χ0) is 18.9. The van der Waals surface area contributed by atoms with Crippen LogP contribution < -0.4 is 16.0 Å². The monoisotopic (exact) mass is 355 g/mol. The molecule has 0 fully saturated rings. The van der Waals surface area contributed by atoms with E-state index in [-0.39, 0.29) is 30.2 Å². The van der Waals surface area contributed by atoms with Gasteiger partial charge in [0.15, 0.2) is 0 Å². The van der Waals surface area contributed by atoms with Gasteiger partial charge in [0.2, 0.25) is 0 Å². The van der Waals surface area contributed by atoms with Crippen LogP contribution in [0.15, 0.2) is 61.2 Å². The third-order valence-corrected chi connectivity index (χ3v) is 3.40. The van der Waals surface area contributed by atoms with Crippen LogP contribution in [0.4, 0.5) is 10.1 Å². The minimum atomic E-state index is -0.906. The fourth-order valence-electron chi connectivity index (χ4n) is 2.09. The quantitative estimate of drug-likeness (QED) is 0.547. The van der Waals surface area contributed by atoms with E-state index >= 15 is 0 Å². The first-order chi connectivity index (χ1) is 12.5. The van der Waals surface area contributed by atoms with Crippen molar-refractivity contribution in [1.82, 2.24) is 10.6 Å². The van der Waals surface area contributed by atoms with Gasteiger partial charge >= 0.3 is 11.8 Å². The van der Waals surface area contributed by atoms with Gasteiger partial charge in [0.25, 0.3) is 5.91 Å². The van der Waals surface area contributed by atoms with Crippen molar-refractivity contribution in [3.8, 4) is 0 Å². The minimum absolute atomic E-state index is 0.0774. The molecule has 0 atom stereocenters. The smallest absolute Gasteiger partial charge is 0.313 e. The maximum atomic E-state index is 12.8. The fraction of sp³-hybridized carbons (Fsp3) is 0.105. The van der Waals surface area contributed by atoms with Crippen LogP contribution in [0.1, 0.15) is 15.9 Å². The summed E-state index contributed by atoms with van der Waals surface area (Å²) in [5.74, 6) is -2.55. The highest BCUT2D eigenvalue weighted by atomic mass is 19.1. The van der Waals surface area contributed by atoms with E-state index in [1.54, 1.807) is 12.1 Å². The number of halogens is 1. The first-order valence-corrected chi connectivity index (χ1v) is 7.83. The van der Waals surface area contributed by atoms with E-state index in [0.717, 1.165) is 0 Å². The molecular weight excluding hydrogens is 337 g/mol. The van der Waals surface area contributed by atoms with Crippen molar-refractivity contribution in [2.45, 2.75) is 6.54 Å². The van der Waals surface area contributed by atoms with Crippen LogP contribution in [0.5, 0.6) is 0 Å². The highest BCUT2D eigenvalue weighted by Gasteiger charge is 2.17. The zero-order valence-electron chi connectivity index (χ0n) is 13.9. The number of amides is 3. The van der Waals surface area contributed by atoms with Crippen LogP contribution >= 0.6 is 0 Å². The molecule has 6 nitrogen and oxygen atoms in total. The number of hydrogen-bond donors (Lipinski definition) is 3. The Bertz CT molecular complexity index is 819. The molecule has 26 heavy (non-hydrogen) atoms. The predicted molar refractivity (Wildman–Crippen MR) is 95.8 cm³/mol. The molecule has 0 bridgehead atoms. The molecule has 3 N–H and O–H groups in total. The number of para-hydroxylation sites is 1. The van der Waals surface area contributed by atoms with Crippen molar-refractivity contribution >= 4 is 23.4 Å². The molecule has 0 unspecified atom stereocenters. The summed E-state index contributed by atoms with van der Waals surface area (Å²) in [5.41, 5.74) is 1.10. The number of carbonyl (C=O) groups excluding carboxylic acids is 3. The van der Waals surface area contributed by atoms with E-state index in [0.29, 0.717) is 5.56 Å². The molecule has 0 aliphatic carbocycles. The summed E-state index contributed by atoms with van der Waals surface area (Å²) in [6.45, 7) is 3.87. The van der Waals surface area contributed by atoms with Gasteiger partial charge < -0.3 is 16.0 Å². The molecule has 0 aliphatic rings.